The number of hydrogen-bond donors (Lipinski definition) is 2. The average Bonchev–Trinajstić information content (AvgIpc) is 2.39. The quantitative estimate of drug-likeness (QED) is 0.643. The van der Waals surface area contributed by atoms with Gasteiger partial charge in [0.25, 0.3) is 5.91 Å². The minimum absolute atomic E-state index is 0.355. The van der Waals surface area contributed by atoms with Gasteiger partial charge >= 0.3 is 0 Å². The van der Waals surface area contributed by atoms with E-state index < -0.39 is 0 Å². The van der Waals surface area contributed by atoms with Gasteiger partial charge in [-0.25, -0.2) is 4.39 Å². The van der Waals surface area contributed by atoms with E-state index in [1.54, 1.807) is 26.0 Å². The van der Waals surface area contributed by atoms with Gasteiger partial charge in [0.1, 0.15) is 11.4 Å². The molecule has 0 spiro atoms. The number of amides is 1. The maximum Gasteiger partial charge on any atom is 0.262 e. The predicted molar refractivity (Wildman–Crippen MR) is 67.6 cm³/mol. The van der Waals surface area contributed by atoms with Gasteiger partial charge in [0.05, 0.1) is 0 Å². The summed E-state index contributed by atoms with van der Waals surface area (Å²) in [7, 11) is 0. The Kier molecular flexibility index (Phi) is 3.46. The van der Waals surface area contributed by atoms with Crippen LogP contribution < -0.4 is 10.0 Å². The Hall–Kier alpha value is -2.43. The summed E-state index contributed by atoms with van der Waals surface area (Å²) in [5, 5.41) is 12.4. The number of anilines is 1. The van der Waals surface area contributed by atoms with Crippen LogP contribution in [0.2, 0.25) is 0 Å². The van der Waals surface area contributed by atoms with Crippen LogP contribution in [-0.2, 0) is 0 Å². The summed E-state index contributed by atoms with van der Waals surface area (Å²) < 4.78 is 13.7. The first kappa shape index (κ1) is 13.0. The van der Waals surface area contributed by atoms with Gasteiger partial charge in [-0.2, -0.15) is 0 Å². The fraction of sp³-hybridized carbons (Fsp3) is 0.143. The lowest BCUT2D eigenvalue weighted by atomic mass is 10.1. The highest BCUT2D eigenvalue weighted by Crippen LogP contribution is 2.11. The summed E-state index contributed by atoms with van der Waals surface area (Å²) in [4.78, 5) is 12.1. The molecule has 19 heavy (non-hydrogen) atoms. The number of nitrogens with one attached hydrogen (secondary N) is 1. The van der Waals surface area contributed by atoms with Crippen molar-refractivity contribution >= 4 is 11.6 Å². The summed E-state index contributed by atoms with van der Waals surface area (Å²) >= 11 is 0. The van der Waals surface area contributed by atoms with E-state index in [0.29, 0.717) is 22.6 Å². The molecule has 0 bridgehead atoms. The summed E-state index contributed by atoms with van der Waals surface area (Å²) in [5.74, 6) is -0.718. The second kappa shape index (κ2) is 5.06. The normalized spacial score (nSPS) is 10.3. The predicted octanol–water partition coefficient (Wildman–Crippen LogP) is 2.22. The molecule has 1 aromatic heterocycles. The third-order valence-corrected chi connectivity index (χ3v) is 2.88. The van der Waals surface area contributed by atoms with Crippen LogP contribution in [0.5, 0.6) is 0 Å². The van der Waals surface area contributed by atoms with Crippen molar-refractivity contribution in [2.24, 2.45) is 0 Å². The van der Waals surface area contributed by atoms with Crippen LogP contribution in [0.4, 0.5) is 10.1 Å². The number of rotatable bonds is 2. The van der Waals surface area contributed by atoms with Crippen LogP contribution in [-0.4, -0.2) is 11.1 Å². The number of aryl methyl sites for hydroxylation is 1. The molecule has 2 aromatic rings. The molecule has 0 aliphatic carbocycles. The van der Waals surface area contributed by atoms with E-state index in [-0.39, 0.29) is 11.7 Å². The number of pyridine rings is 1. The molecule has 2 N–H and O–H groups in total. The van der Waals surface area contributed by atoms with E-state index >= 15 is 0 Å². The van der Waals surface area contributed by atoms with Crippen LogP contribution >= 0.6 is 0 Å². The molecule has 2 rings (SSSR count). The monoisotopic (exact) mass is 261 g/mol. The lowest BCUT2D eigenvalue weighted by Gasteiger charge is -2.06. The SMILES string of the molecule is Cc1ccc(C(=O)Nc2ccc(F)cc2)c(C)[n+]1O. The number of hydrogen-bond acceptors (Lipinski definition) is 2. The van der Waals surface area contributed by atoms with Gasteiger partial charge in [0.2, 0.25) is 11.4 Å². The van der Waals surface area contributed by atoms with Crippen molar-refractivity contribution in [1.82, 2.24) is 0 Å². The number of benzene rings is 1. The van der Waals surface area contributed by atoms with Crippen molar-refractivity contribution in [2.45, 2.75) is 13.8 Å². The molecule has 1 amide bonds. The molecule has 5 heteroatoms. The Bertz CT molecular complexity index is 624. The van der Waals surface area contributed by atoms with Crippen LogP contribution in [0.15, 0.2) is 36.4 Å². The summed E-state index contributed by atoms with van der Waals surface area (Å²) in [6.45, 7) is 3.38. The molecule has 1 aromatic carbocycles. The fourth-order valence-corrected chi connectivity index (χ4v) is 1.75. The van der Waals surface area contributed by atoms with Crippen molar-refractivity contribution in [3.05, 3.63) is 59.2 Å². The standard InChI is InChI=1S/C14H13FN2O2/c1-9-3-8-13(10(2)17(9)19)14(18)16-12-6-4-11(15)5-7-12/h3-8H,1-2H3,(H-,16,18,19)/p+1. The molecule has 0 radical (unpaired) electrons. The van der Waals surface area contributed by atoms with Crippen molar-refractivity contribution in [2.75, 3.05) is 5.32 Å². The minimum atomic E-state index is -0.363. The topological polar surface area (TPSA) is 53.2 Å². The molecule has 98 valence electrons. The highest BCUT2D eigenvalue weighted by atomic mass is 19.1. The van der Waals surface area contributed by atoms with Gasteiger partial charge in [-0.15, -0.1) is 0 Å². The molecule has 0 saturated carbocycles. The maximum atomic E-state index is 12.8. The number of carbonyl (C=O) groups is 1. The lowest BCUT2D eigenvalue weighted by molar-refractivity contribution is -0.912. The fourth-order valence-electron chi connectivity index (χ4n) is 1.75. The van der Waals surface area contributed by atoms with Crippen molar-refractivity contribution < 1.29 is 19.1 Å². The van der Waals surface area contributed by atoms with Crippen LogP contribution in [0.3, 0.4) is 0 Å². The molecule has 0 saturated heterocycles. The van der Waals surface area contributed by atoms with E-state index in [1.807, 2.05) is 0 Å². The van der Waals surface area contributed by atoms with E-state index in [4.69, 9.17) is 0 Å². The Morgan fingerprint density at radius 2 is 1.79 bits per heavy atom. The summed E-state index contributed by atoms with van der Waals surface area (Å²) in [6.07, 6.45) is 0. The molecule has 0 aliphatic heterocycles. The van der Waals surface area contributed by atoms with Gasteiger partial charge < -0.3 is 5.32 Å². The number of aromatic nitrogens is 1. The Balaban J connectivity index is 2.25. The lowest BCUT2D eigenvalue weighted by Crippen LogP contribution is -2.39. The van der Waals surface area contributed by atoms with Gasteiger partial charge in [0.15, 0.2) is 0 Å². The van der Waals surface area contributed by atoms with E-state index in [1.165, 1.54) is 24.3 Å². The van der Waals surface area contributed by atoms with Crippen LogP contribution in [0.1, 0.15) is 21.7 Å². The molecule has 1 heterocycles. The molecule has 4 nitrogen and oxygen atoms in total. The Labute approximate surface area is 110 Å². The second-order valence-electron chi connectivity index (χ2n) is 4.25. The molecule has 0 fully saturated rings. The molecule has 0 unspecified atom stereocenters. The second-order valence-corrected chi connectivity index (χ2v) is 4.25. The largest absolute Gasteiger partial charge is 0.322 e. The maximum absolute atomic E-state index is 12.8. The molecular formula is C14H14FN2O2+. The molecule has 0 aliphatic rings. The highest BCUT2D eigenvalue weighted by molar-refractivity contribution is 6.04. The average molecular weight is 261 g/mol. The summed E-state index contributed by atoms with van der Waals surface area (Å²) in [5.41, 5.74) is 1.93. The van der Waals surface area contributed by atoms with Crippen LogP contribution in [0.25, 0.3) is 0 Å². The first-order chi connectivity index (χ1) is 8.99. The van der Waals surface area contributed by atoms with E-state index in [2.05, 4.69) is 5.32 Å². The van der Waals surface area contributed by atoms with Crippen LogP contribution in [0, 0.1) is 19.7 Å². The van der Waals surface area contributed by atoms with Gasteiger partial charge in [-0.3, -0.25) is 10.0 Å². The Morgan fingerprint density at radius 3 is 2.42 bits per heavy atom. The van der Waals surface area contributed by atoms with E-state index in [9.17, 15) is 14.4 Å². The minimum Gasteiger partial charge on any atom is -0.322 e. The van der Waals surface area contributed by atoms with Crippen molar-refractivity contribution in [3.63, 3.8) is 0 Å². The number of nitrogens with zero attached hydrogens (tertiary/aromatic N) is 1. The van der Waals surface area contributed by atoms with Crippen molar-refractivity contribution in [1.29, 1.82) is 0 Å². The Morgan fingerprint density at radius 1 is 1.16 bits per heavy atom. The highest BCUT2D eigenvalue weighted by Gasteiger charge is 2.20. The zero-order chi connectivity index (χ0) is 14.0. The first-order valence-electron chi connectivity index (χ1n) is 5.77. The smallest absolute Gasteiger partial charge is 0.262 e. The summed E-state index contributed by atoms with van der Waals surface area (Å²) in [6, 6.07) is 8.77. The zero-order valence-corrected chi connectivity index (χ0v) is 10.6. The first-order valence-corrected chi connectivity index (χ1v) is 5.77. The molecular weight excluding hydrogens is 247 g/mol. The number of carbonyl (C=O) groups excluding carboxylic acids is 1. The third kappa shape index (κ3) is 2.70. The van der Waals surface area contributed by atoms with Crippen molar-refractivity contribution in [3.8, 4) is 0 Å². The van der Waals surface area contributed by atoms with E-state index in [0.717, 1.165) is 4.73 Å². The van der Waals surface area contributed by atoms with Gasteiger partial charge in [-0.1, -0.05) is 0 Å². The number of halogens is 1. The van der Waals surface area contributed by atoms with Gasteiger partial charge in [0, 0.05) is 30.3 Å². The third-order valence-electron chi connectivity index (χ3n) is 2.88. The molecule has 0 atom stereocenters. The van der Waals surface area contributed by atoms with Gasteiger partial charge in [-0.05, 0) is 30.3 Å². The zero-order valence-electron chi connectivity index (χ0n) is 10.6.